The lowest BCUT2D eigenvalue weighted by Gasteiger charge is -2.23. The fraction of sp³-hybridized carbons (Fsp3) is 0.464. The van der Waals surface area contributed by atoms with Crippen LogP contribution in [-0.2, 0) is 22.4 Å². The standard InChI is InChI=1S/C28H42N8O3/c1-8-22-27(35(6)9-2)33-26(24(32-22)25(29)38)31-21-13-10-12-20(18-21)15-16-30-28(39)19(3)36(7)23(37)14-11-17-34(4)5/h10-14,18-19H,8-9,15-17H2,1-7H3,(H2,29,38)(H,30,39)(H,31,33)/b14-11+/t19-/m0/s1. The molecule has 0 spiro atoms. The summed E-state index contributed by atoms with van der Waals surface area (Å²) in [7, 11) is 7.36. The van der Waals surface area contributed by atoms with E-state index in [1.165, 1.54) is 11.0 Å². The fourth-order valence-corrected chi connectivity index (χ4v) is 3.68. The first-order valence-corrected chi connectivity index (χ1v) is 13.1. The molecule has 39 heavy (non-hydrogen) atoms. The van der Waals surface area contributed by atoms with E-state index in [-0.39, 0.29) is 17.5 Å². The number of carbonyl (C=O) groups excluding carboxylic acids is 3. The molecule has 0 aliphatic carbocycles. The van der Waals surface area contributed by atoms with Gasteiger partial charge in [-0.3, -0.25) is 14.4 Å². The largest absolute Gasteiger partial charge is 0.364 e. The van der Waals surface area contributed by atoms with Crippen LogP contribution in [0.1, 0.15) is 42.5 Å². The number of likely N-dealkylation sites (N-methyl/N-ethyl adjacent to an activating group) is 2. The molecule has 1 aromatic heterocycles. The third-order valence-electron chi connectivity index (χ3n) is 6.29. The normalized spacial score (nSPS) is 11.9. The lowest BCUT2D eigenvalue weighted by atomic mass is 10.1. The summed E-state index contributed by atoms with van der Waals surface area (Å²) in [5, 5.41) is 6.09. The van der Waals surface area contributed by atoms with Crippen molar-refractivity contribution in [3.63, 3.8) is 0 Å². The van der Waals surface area contributed by atoms with Crippen LogP contribution in [0.3, 0.4) is 0 Å². The smallest absolute Gasteiger partial charge is 0.271 e. The van der Waals surface area contributed by atoms with Crippen molar-refractivity contribution in [2.45, 2.75) is 39.7 Å². The van der Waals surface area contributed by atoms with Gasteiger partial charge in [0.25, 0.3) is 5.91 Å². The first-order valence-electron chi connectivity index (χ1n) is 13.1. The van der Waals surface area contributed by atoms with Gasteiger partial charge in [-0.25, -0.2) is 9.97 Å². The zero-order valence-electron chi connectivity index (χ0n) is 24.1. The van der Waals surface area contributed by atoms with Crippen LogP contribution < -0.4 is 21.3 Å². The third-order valence-corrected chi connectivity index (χ3v) is 6.29. The Morgan fingerprint density at radius 1 is 1.10 bits per heavy atom. The van der Waals surface area contributed by atoms with E-state index in [1.54, 1.807) is 20.0 Å². The minimum atomic E-state index is -0.657. The van der Waals surface area contributed by atoms with Gasteiger partial charge in [0.1, 0.15) is 6.04 Å². The summed E-state index contributed by atoms with van der Waals surface area (Å²) in [6, 6.07) is 7.00. The average Bonchev–Trinajstić information content (AvgIpc) is 2.91. The molecule has 11 heteroatoms. The average molecular weight is 539 g/mol. The van der Waals surface area contributed by atoms with Gasteiger partial charge in [0.05, 0.1) is 5.69 Å². The summed E-state index contributed by atoms with van der Waals surface area (Å²) in [5.41, 5.74) is 8.08. The number of rotatable bonds is 14. The molecule has 212 valence electrons. The number of hydrogen-bond acceptors (Lipinski definition) is 8. The van der Waals surface area contributed by atoms with Crippen molar-refractivity contribution < 1.29 is 14.4 Å². The zero-order chi connectivity index (χ0) is 29.1. The molecule has 1 heterocycles. The molecule has 0 unspecified atom stereocenters. The molecule has 2 aromatic rings. The maximum Gasteiger partial charge on any atom is 0.271 e. The molecule has 3 amide bonds. The Balaban J connectivity index is 2.06. The number of anilines is 3. The van der Waals surface area contributed by atoms with Crippen LogP contribution in [0, 0.1) is 0 Å². The molecule has 0 radical (unpaired) electrons. The summed E-state index contributed by atoms with van der Waals surface area (Å²) >= 11 is 0. The molecular formula is C28H42N8O3. The lowest BCUT2D eigenvalue weighted by Crippen LogP contribution is -2.45. The molecule has 2 rings (SSSR count). The van der Waals surface area contributed by atoms with Gasteiger partial charge >= 0.3 is 0 Å². The first-order chi connectivity index (χ1) is 18.5. The second kappa shape index (κ2) is 14.8. The number of benzene rings is 1. The van der Waals surface area contributed by atoms with Gasteiger partial charge in [0, 0.05) is 45.5 Å². The Labute approximate surface area is 231 Å². The summed E-state index contributed by atoms with van der Waals surface area (Å²) < 4.78 is 0. The number of nitrogens with two attached hydrogens (primary N) is 1. The third kappa shape index (κ3) is 9.06. The Morgan fingerprint density at radius 3 is 2.44 bits per heavy atom. The van der Waals surface area contributed by atoms with Crippen LogP contribution in [0.5, 0.6) is 0 Å². The first kappa shape index (κ1) is 31.2. The zero-order valence-corrected chi connectivity index (χ0v) is 24.1. The molecular weight excluding hydrogens is 496 g/mol. The van der Waals surface area contributed by atoms with Gasteiger partial charge in [-0.2, -0.15) is 0 Å². The quantitative estimate of drug-likeness (QED) is 0.311. The predicted octanol–water partition coefficient (Wildman–Crippen LogP) is 1.96. The van der Waals surface area contributed by atoms with Gasteiger partial charge in [-0.15, -0.1) is 0 Å². The van der Waals surface area contributed by atoms with Crippen LogP contribution in [0.4, 0.5) is 17.3 Å². The minimum Gasteiger partial charge on any atom is -0.364 e. The van der Waals surface area contributed by atoms with E-state index in [1.807, 2.05) is 69.1 Å². The number of amides is 3. The molecule has 1 aromatic carbocycles. The van der Waals surface area contributed by atoms with Gasteiger partial charge in [0.15, 0.2) is 17.3 Å². The van der Waals surface area contributed by atoms with E-state index in [4.69, 9.17) is 5.73 Å². The number of hydrogen-bond donors (Lipinski definition) is 3. The topological polar surface area (TPSA) is 137 Å². The van der Waals surface area contributed by atoms with E-state index in [0.29, 0.717) is 48.9 Å². The van der Waals surface area contributed by atoms with Gasteiger partial charge in [-0.05, 0) is 58.5 Å². The highest BCUT2D eigenvalue weighted by molar-refractivity contribution is 5.96. The number of primary amides is 1. The molecule has 0 saturated carbocycles. The van der Waals surface area contributed by atoms with E-state index < -0.39 is 11.9 Å². The SMILES string of the molecule is CCc1nc(C(N)=O)c(Nc2cccc(CCNC(=O)[C@H](C)N(C)C(=O)/C=C/CN(C)C)c2)nc1N(C)CC. The summed E-state index contributed by atoms with van der Waals surface area (Å²) in [5.74, 6) is -0.128. The molecule has 1 atom stereocenters. The lowest BCUT2D eigenvalue weighted by molar-refractivity contribution is -0.135. The van der Waals surface area contributed by atoms with E-state index >= 15 is 0 Å². The second-order valence-corrected chi connectivity index (χ2v) is 9.58. The second-order valence-electron chi connectivity index (χ2n) is 9.58. The van der Waals surface area contributed by atoms with Crippen molar-refractivity contribution in [3.8, 4) is 0 Å². The number of carbonyl (C=O) groups is 3. The van der Waals surface area contributed by atoms with Crippen LogP contribution in [0.25, 0.3) is 0 Å². The van der Waals surface area contributed by atoms with E-state index in [2.05, 4.69) is 20.6 Å². The number of aromatic nitrogens is 2. The van der Waals surface area contributed by atoms with Gasteiger partial charge in [0.2, 0.25) is 11.8 Å². The highest BCUT2D eigenvalue weighted by Crippen LogP contribution is 2.24. The van der Waals surface area contributed by atoms with Crippen molar-refractivity contribution in [1.29, 1.82) is 0 Å². The Hall–Kier alpha value is -3.99. The summed E-state index contributed by atoms with van der Waals surface area (Å²) in [6.07, 6.45) is 4.43. The van der Waals surface area contributed by atoms with Crippen molar-refractivity contribution in [2.24, 2.45) is 5.73 Å². The van der Waals surface area contributed by atoms with Crippen LogP contribution in [0.2, 0.25) is 0 Å². The van der Waals surface area contributed by atoms with Crippen LogP contribution in [-0.4, -0.2) is 91.4 Å². The molecule has 4 N–H and O–H groups in total. The molecule has 0 aliphatic heterocycles. The van der Waals surface area contributed by atoms with Gasteiger partial charge < -0.3 is 31.1 Å². The Morgan fingerprint density at radius 2 is 1.82 bits per heavy atom. The molecule has 0 aliphatic rings. The van der Waals surface area contributed by atoms with Gasteiger partial charge in [-0.1, -0.05) is 25.1 Å². The summed E-state index contributed by atoms with van der Waals surface area (Å²) in [4.78, 5) is 51.6. The number of nitrogens with zero attached hydrogens (tertiary/aromatic N) is 5. The minimum absolute atomic E-state index is 0.0852. The van der Waals surface area contributed by atoms with E-state index in [9.17, 15) is 14.4 Å². The molecule has 0 bridgehead atoms. The highest BCUT2D eigenvalue weighted by Gasteiger charge is 2.21. The van der Waals surface area contributed by atoms with Crippen molar-refractivity contribution in [1.82, 2.24) is 25.1 Å². The summed E-state index contributed by atoms with van der Waals surface area (Å²) in [6.45, 7) is 7.44. The number of nitrogens with one attached hydrogen (secondary N) is 2. The van der Waals surface area contributed by atoms with Crippen molar-refractivity contribution >= 4 is 35.0 Å². The van der Waals surface area contributed by atoms with Crippen molar-refractivity contribution in [3.05, 3.63) is 53.4 Å². The predicted molar refractivity (Wildman–Crippen MR) is 155 cm³/mol. The maximum atomic E-state index is 12.6. The fourth-order valence-electron chi connectivity index (χ4n) is 3.68. The van der Waals surface area contributed by atoms with Crippen LogP contribution in [0.15, 0.2) is 36.4 Å². The monoisotopic (exact) mass is 538 g/mol. The maximum absolute atomic E-state index is 12.6. The Bertz CT molecular complexity index is 1180. The molecule has 11 nitrogen and oxygen atoms in total. The van der Waals surface area contributed by atoms with Crippen LogP contribution >= 0.6 is 0 Å². The van der Waals surface area contributed by atoms with E-state index in [0.717, 1.165) is 12.1 Å². The van der Waals surface area contributed by atoms with Crippen molar-refractivity contribution in [2.75, 3.05) is 58.0 Å². The molecule has 0 saturated heterocycles. The highest BCUT2D eigenvalue weighted by atomic mass is 16.2. The molecule has 0 fully saturated rings. The Kier molecular flexibility index (Phi) is 11.9. The number of aryl methyl sites for hydroxylation is 1.